The number of aromatic nitrogens is 2. The van der Waals surface area contributed by atoms with Crippen molar-refractivity contribution in [1.29, 1.82) is 0 Å². The molecule has 0 saturated carbocycles. The molecule has 0 radical (unpaired) electrons. The molecule has 0 aliphatic carbocycles. The molecule has 0 atom stereocenters. The van der Waals surface area contributed by atoms with Crippen molar-refractivity contribution in [3.8, 4) is 11.4 Å². The molecular weight excluding hydrogens is 454 g/mol. The van der Waals surface area contributed by atoms with Gasteiger partial charge in [-0.15, -0.1) is 0 Å². The molecule has 8 heteroatoms. The average Bonchev–Trinajstić information content (AvgIpc) is 3.23. The highest BCUT2D eigenvalue weighted by Gasteiger charge is 2.24. The lowest BCUT2D eigenvalue weighted by molar-refractivity contribution is -0.117. The zero-order chi connectivity index (χ0) is 26.5. The number of aryl methyl sites for hydroxylation is 1. The number of rotatable bonds is 8. The SMILES string of the molecule is CCOc1ccc(NC(=O)N(CC(=O)Nc2cc(C(C)(C)C)nn2-c2ccc(C)cc2)C(C)C)cc1. The molecule has 0 spiro atoms. The fourth-order valence-corrected chi connectivity index (χ4v) is 3.54. The van der Waals surface area contributed by atoms with Gasteiger partial charge >= 0.3 is 6.03 Å². The van der Waals surface area contributed by atoms with Crippen LogP contribution in [0.3, 0.4) is 0 Å². The molecule has 3 aromatic rings. The molecule has 1 aromatic heterocycles. The number of nitrogens with one attached hydrogen (secondary N) is 2. The highest BCUT2D eigenvalue weighted by molar-refractivity contribution is 5.97. The quantitative estimate of drug-likeness (QED) is 0.419. The first kappa shape index (κ1) is 26.8. The number of hydrogen-bond donors (Lipinski definition) is 2. The van der Waals surface area contributed by atoms with Gasteiger partial charge in [-0.25, -0.2) is 9.48 Å². The first-order valence-electron chi connectivity index (χ1n) is 12.3. The van der Waals surface area contributed by atoms with Crippen molar-refractivity contribution in [3.63, 3.8) is 0 Å². The predicted molar refractivity (Wildman–Crippen MR) is 144 cm³/mol. The maximum Gasteiger partial charge on any atom is 0.322 e. The van der Waals surface area contributed by atoms with Crippen molar-refractivity contribution >= 4 is 23.4 Å². The van der Waals surface area contributed by atoms with Gasteiger partial charge in [0, 0.05) is 23.2 Å². The van der Waals surface area contributed by atoms with Crippen LogP contribution in [0.4, 0.5) is 16.3 Å². The Morgan fingerprint density at radius 3 is 2.22 bits per heavy atom. The van der Waals surface area contributed by atoms with Gasteiger partial charge in [-0.3, -0.25) is 4.79 Å². The van der Waals surface area contributed by atoms with Gasteiger partial charge in [-0.2, -0.15) is 5.10 Å². The summed E-state index contributed by atoms with van der Waals surface area (Å²) in [7, 11) is 0. The number of urea groups is 1. The molecular formula is C28H37N5O3. The van der Waals surface area contributed by atoms with Crippen LogP contribution in [0, 0.1) is 6.92 Å². The molecule has 0 fully saturated rings. The fourth-order valence-electron chi connectivity index (χ4n) is 3.54. The van der Waals surface area contributed by atoms with Crippen LogP contribution >= 0.6 is 0 Å². The van der Waals surface area contributed by atoms with Gasteiger partial charge in [0.15, 0.2) is 0 Å². The summed E-state index contributed by atoms with van der Waals surface area (Å²) in [4.78, 5) is 27.6. The van der Waals surface area contributed by atoms with Crippen LogP contribution in [0.25, 0.3) is 5.69 Å². The van der Waals surface area contributed by atoms with E-state index in [0.29, 0.717) is 18.1 Å². The number of anilines is 2. The number of amides is 3. The zero-order valence-electron chi connectivity index (χ0n) is 22.3. The zero-order valence-corrected chi connectivity index (χ0v) is 22.3. The van der Waals surface area contributed by atoms with Crippen LogP contribution < -0.4 is 15.4 Å². The Kier molecular flexibility index (Phi) is 8.40. The van der Waals surface area contributed by atoms with Crippen LogP contribution in [0.1, 0.15) is 52.8 Å². The first-order valence-corrected chi connectivity index (χ1v) is 12.3. The molecule has 1 heterocycles. The summed E-state index contributed by atoms with van der Waals surface area (Å²) in [5.74, 6) is 0.985. The van der Waals surface area contributed by atoms with Crippen LogP contribution in [0.2, 0.25) is 0 Å². The second kappa shape index (κ2) is 11.3. The molecule has 3 rings (SSSR count). The van der Waals surface area contributed by atoms with Crippen LogP contribution in [0.5, 0.6) is 5.75 Å². The van der Waals surface area contributed by atoms with Gasteiger partial charge in [0.25, 0.3) is 0 Å². The minimum absolute atomic E-state index is 0.107. The van der Waals surface area contributed by atoms with Crippen LogP contribution in [0.15, 0.2) is 54.6 Å². The maximum atomic E-state index is 13.1. The van der Waals surface area contributed by atoms with Crippen molar-refractivity contribution < 1.29 is 14.3 Å². The Balaban J connectivity index is 1.76. The third-order valence-electron chi connectivity index (χ3n) is 5.64. The highest BCUT2D eigenvalue weighted by atomic mass is 16.5. The van der Waals surface area contributed by atoms with E-state index in [1.165, 1.54) is 4.90 Å². The topological polar surface area (TPSA) is 88.5 Å². The third kappa shape index (κ3) is 6.87. The van der Waals surface area contributed by atoms with Gasteiger partial charge in [0.2, 0.25) is 5.91 Å². The molecule has 2 aromatic carbocycles. The van der Waals surface area contributed by atoms with E-state index in [4.69, 9.17) is 9.84 Å². The van der Waals surface area contributed by atoms with Crippen molar-refractivity contribution in [2.45, 2.75) is 59.9 Å². The standard InChI is InChI=1S/C28H37N5O3/c1-8-36-23-15-11-21(12-16-23)29-27(35)32(19(2)3)18-26(34)30-25-17-24(28(5,6)7)31-33(25)22-13-9-20(4)10-14-22/h9-17,19H,8,18H2,1-7H3,(H,29,35)(H,30,34). The average molecular weight is 492 g/mol. The molecule has 36 heavy (non-hydrogen) atoms. The lowest BCUT2D eigenvalue weighted by atomic mass is 9.92. The predicted octanol–water partition coefficient (Wildman–Crippen LogP) is 5.76. The van der Waals surface area contributed by atoms with E-state index in [-0.39, 0.29) is 29.9 Å². The number of carbonyl (C=O) groups excluding carboxylic acids is 2. The number of ether oxygens (including phenoxy) is 1. The Morgan fingerprint density at radius 1 is 1.03 bits per heavy atom. The largest absolute Gasteiger partial charge is 0.494 e. The number of hydrogen-bond acceptors (Lipinski definition) is 4. The normalized spacial score (nSPS) is 11.3. The summed E-state index contributed by atoms with van der Waals surface area (Å²) in [6.45, 7) is 14.4. The fraction of sp³-hybridized carbons (Fsp3) is 0.393. The van der Waals surface area contributed by atoms with Crippen LogP contribution in [-0.2, 0) is 10.2 Å². The van der Waals surface area contributed by atoms with Gasteiger partial charge in [-0.05, 0) is 64.1 Å². The maximum absolute atomic E-state index is 13.1. The molecule has 0 aliphatic rings. The van der Waals surface area contributed by atoms with E-state index < -0.39 is 0 Å². The number of benzene rings is 2. The monoisotopic (exact) mass is 491 g/mol. The van der Waals surface area contributed by atoms with E-state index in [1.807, 2.05) is 58.0 Å². The van der Waals surface area contributed by atoms with E-state index in [2.05, 4.69) is 31.4 Å². The molecule has 0 unspecified atom stereocenters. The summed E-state index contributed by atoms with van der Waals surface area (Å²) in [6.07, 6.45) is 0. The van der Waals surface area contributed by atoms with E-state index in [0.717, 1.165) is 22.7 Å². The molecule has 0 aliphatic heterocycles. The Hall–Kier alpha value is -3.81. The molecule has 2 N–H and O–H groups in total. The molecule has 0 saturated heterocycles. The molecule has 0 bridgehead atoms. The number of carbonyl (C=O) groups is 2. The lowest BCUT2D eigenvalue weighted by Gasteiger charge is -2.26. The summed E-state index contributed by atoms with van der Waals surface area (Å²) in [5.41, 5.74) is 3.27. The van der Waals surface area contributed by atoms with Crippen molar-refractivity contribution in [2.75, 3.05) is 23.8 Å². The molecule has 192 valence electrons. The summed E-state index contributed by atoms with van der Waals surface area (Å²) in [6, 6.07) is 16.4. The van der Waals surface area contributed by atoms with E-state index in [1.54, 1.807) is 28.9 Å². The van der Waals surface area contributed by atoms with E-state index in [9.17, 15) is 9.59 Å². The Labute approximate surface area is 213 Å². The molecule has 3 amide bonds. The third-order valence-corrected chi connectivity index (χ3v) is 5.64. The smallest absolute Gasteiger partial charge is 0.322 e. The second-order valence-electron chi connectivity index (χ2n) is 10.1. The van der Waals surface area contributed by atoms with Gasteiger partial charge < -0.3 is 20.3 Å². The first-order chi connectivity index (χ1) is 17.0. The van der Waals surface area contributed by atoms with Gasteiger partial charge in [0.05, 0.1) is 18.0 Å². The summed E-state index contributed by atoms with van der Waals surface area (Å²) >= 11 is 0. The number of nitrogens with zero attached hydrogens (tertiary/aromatic N) is 3. The van der Waals surface area contributed by atoms with Crippen LogP contribution in [-0.4, -0.2) is 45.8 Å². The van der Waals surface area contributed by atoms with Crippen molar-refractivity contribution in [2.24, 2.45) is 0 Å². The second-order valence-corrected chi connectivity index (χ2v) is 10.1. The lowest BCUT2D eigenvalue weighted by Crippen LogP contribution is -2.44. The van der Waals surface area contributed by atoms with Gasteiger partial charge in [0.1, 0.15) is 18.1 Å². The van der Waals surface area contributed by atoms with E-state index >= 15 is 0 Å². The van der Waals surface area contributed by atoms with Gasteiger partial charge in [-0.1, -0.05) is 38.5 Å². The Morgan fingerprint density at radius 2 is 1.67 bits per heavy atom. The minimum Gasteiger partial charge on any atom is -0.494 e. The van der Waals surface area contributed by atoms with Crippen molar-refractivity contribution in [1.82, 2.24) is 14.7 Å². The summed E-state index contributed by atoms with van der Waals surface area (Å²) in [5, 5.41) is 10.6. The summed E-state index contributed by atoms with van der Waals surface area (Å²) < 4.78 is 7.18. The highest BCUT2D eigenvalue weighted by Crippen LogP contribution is 2.26. The van der Waals surface area contributed by atoms with Crippen molar-refractivity contribution in [3.05, 3.63) is 65.9 Å². The minimum atomic E-state index is -0.355. The Bertz CT molecular complexity index is 1180. The molecule has 8 nitrogen and oxygen atoms in total.